The summed E-state index contributed by atoms with van der Waals surface area (Å²) in [6.07, 6.45) is 2.81. The van der Waals surface area contributed by atoms with Crippen molar-refractivity contribution in [2.75, 3.05) is 37.1 Å². The molecule has 0 N–H and O–H groups in total. The Bertz CT molecular complexity index is 520. The van der Waals surface area contributed by atoms with Crippen LogP contribution in [0.15, 0.2) is 0 Å². The molecule has 0 saturated carbocycles. The third kappa shape index (κ3) is 16.8. The second-order valence-corrected chi connectivity index (χ2v) is 10.4. The molecule has 0 radical (unpaired) electrons. The number of thioether (sulfide) groups is 1. The van der Waals surface area contributed by atoms with Crippen molar-refractivity contribution in [2.24, 2.45) is 5.41 Å². The van der Waals surface area contributed by atoms with Gasteiger partial charge in [0.25, 0.3) is 0 Å². The molecule has 0 aromatic heterocycles. The molecule has 0 aromatic carbocycles. The first kappa shape index (κ1) is 34.4. The van der Waals surface area contributed by atoms with Crippen LogP contribution in [0.4, 0.5) is 0 Å². The van der Waals surface area contributed by atoms with E-state index in [9.17, 15) is 14.4 Å². The average Bonchev–Trinajstić information content (AvgIpc) is 2.74. The predicted molar refractivity (Wildman–Crippen MR) is 130 cm³/mol. The zero-order valence-electron chi connectivity index (χ0n) is 19.0. The summed E-state index contributed by atoms with van der Waals surface area (Å²) in [6.45, 7) is 5.96. The second kappa shape index (κ2) is 20.6. The van der Waals surface area contributed by atoms with Crippen molar-refractivity contribution in [3.8, 4) is 0 Å². The molecule has 2 atom stereocenters. The van der Waals surface area contributed by atoms with E-state index in [1.54, 1.807) is 11.8 Å². The van der Waals surface area contributed by atoms with Gasteiger partial charge in [0.05, 0.1) is 11.8 Å². The molecule has 6 nitrogen and oxygen atoms in total. The topological polar surface area (TPSA) is 78.9 Å². The molecule has 0 heterocycles. The van der Waals surface area contributed by atoms with Crippen LogP contribution >= 0.6 is 23.4 Å². The summed E-state index contributed by atoms with van der Waals surface area (Å²) in [7, 11) is 0. The fraction of sp³-hybridized carbons (Fsp3) is 0.857. The Labute approximate surface area is 223 Å². The Hall–Kier alpha value is 0.269. The first-order chi connectivity index (χ1) is 14.7. The van der Waals surface area contributed by atoms with Gasteiger partial charge >= 0.3 is 35.0 Å². The fourth-order valence-electron chi connectivity index (χ4n) is 2.45. The van der Waals surface area contributed by atoms with Gasteiger partial charge in [-0.25, -0.2) is 0 Å². The van der Waals surface area contributed by atoms with E-state index in [2.05, 4.69) is 13.8 Å². The zero-order chi connectivity index (χ0) is 23.7. The van der Waals surface area contributed by atoms with Gasteiger partial charge in [0.15, 0.2) is 0 Å². The number of hydrogen-bond acceptors (Lipinski definition) is 9. The summed E-state index contributed by atoms with van der Waals surface area (Å²) >= 11 is 17.4. The standard InChI is InChI=1S/C21H37ClO6S3.Fe/c1-4-17(22)12-16(3)31-11-8-20(25)28-15-21(5-2,13-26-18(23)6-9-29)14-27-19(24)7-10-30;/h16-17,29-30H,4-15H2,1-3H3;/q;+4/p-2. The van der Waals surface area contributed by atoms with Crippen molar-refractivity contribution in [1.82, 2.24) is 0 Å². The number of ether oxygens (including phenoxy) is 3. The second-order valence-electron chi connectivity index (χ2n) is 7.42. The number of alkyl halides is 1. The van der Waals surface area contributed by atoms with Crippen molar-refractivity contribution in [3.05, 3.63) is 0 Å². The van der Waals surface area contributed by atoms with Gasteiger partial charge < -0.3 is 39.5 Å². The number of hydrogen-bond donors (Lipinski definition) is 0. The van der Waals surface area contributed by atoms with E-state index in [4.69, 9.17) is 51.1 Å². The van der Waals surface area contributed by atoms with Crippen LogP contribution in [0.2, 0.25) is 0 Å². The first-order valence-corrected chi connectivity index (χ1v) is 13.2. The van der Waals surface area contributed by atoms with E-state index in [1.807, 2.05) is 6.92 Å². The maximum absolute atomic E-state index is 12.2. The van der Waals surface area contributed by atoms with Crippen LogP contribution in [0.1, 0.15) is 59.3 Å². The van der Waals surface area contributed by atoms with Gasteiger partial charge in [-0.15, -0.1) is 11.6 Å². The normalized spacial score (nSPS) is 12.9. The molecular weight excluding hydrogens is 536 g/mol. The number of carbonyl (C=O) groups is 3. The quantitative estimate of drug-likeness (QED) is 0.0804. The van der Waals surface area contributed by atoms with Crippen LogP contribution in [-0.4, -0.2) is 65.6 Å². The number of esters is 3. The Balaban J connectivity index is 0. The summed E-state index contributed by atoms with van der Waals surface area (Å²) in [5, 5.41) is 0.504. The molecular formula is C21H35ClFeO6S3+2. The number of halogens is 1. The largest absolute Gasteiger partial charge is 4.00 e. The van der Waals surface area contributed by atoms with Gasteiger partial charge in [0, 0.05) is 29.2 Å². The van der Waals surface area contributed by atoms with Gasteiger partial charge in [-0.1, -0.05) is 20.8 Å². The molecule has 0 bridgehead atoms. The summed E-state index contributed by atoms with van der Waals surface area (Å²) in [6, 6.07) is 0. The van der Waals surface area contributed by atoms with Gasteiger partial charge in [-0.3, -0.25) is 14.4 Å². The van der Waals surface area contributed by atoms with Crippen LogP contribution < -0.4 is 0 Å². The van der Waals surface area contributed by atoms with Gasteiger partial charge in [-0.05, 0) is 19.3 Å². The molecule has 32 heavy (non-hydrogen) atoms. The minimum absolute atomic E-state index is 0. The van der Waals surface area contributed by atoms with E-state index < -0.39 is 17.4 Å². The molecule has 11 heteroatoms. The van der Waals surface area contributed by atoms with E-state index in [1.165, 1.54) is 0 Å². The molecule has 0 spiro atoms. The van der Waals surface area contributed by atoms with Crippen molar-refractivity contribution < 1.29 is 45.7 Å². The molecule has 186 valence electrons. The Kier molecular flexibility index (Phi) is 22.2. The minimum atomic E-state index is -0.808. The predicted octanol–water partition coefficient (Wildman–Crippen LogP) is 3.80. The van der Waals surface area contributed by atoms with Gasteiger partial charge in [0.1, 0.15) is 19.8 Å². The maximum Gasteiger partial charge on any atom is 4.00 e. The van der Waals surface area contributed by atoms with Crippen LogP contribution in [-0.2, 0) is 70.9 Å². The smallest absolute Gasteiger partial charge is 0.792 e. The number of carbonyl (C=O) groups excluding carboxylic acids is 3. The Morgan fingerprint density at radius 1 is 0.906 bits per heavy atom. The zero-order valence-corrected chi connectivity index (χ0v) is 23.4. The molecule has 0 aliphatic carbocycles. The molecule has 0 fully saturated rings. The summed E-state index contributed by atoms with van der Waals surface area (Å²) in [5.74, 6) is -0.0332. The summed E-state index contributed by atoms with van der Waals surface area (Å²) in [4.78, 5) is 35.8. The monoisotopic (exact) mass is 570 g/mol. The molecule has 0 amide bonds. The molecule has 2 unspecified atom stereocenters. The third-order valence-corrected chi connectivity index (χ3v) is 6.82. The van der Waals surface area contributed by atoms with Crippen molar-refractivity contribution in [3.63, 3.8) is 0 Å². The van der Waals surface area contributed by atoms with E-state index >= 15 is 0 Å². The van der Waals surface area contributed by atoms with Gasteiger partial charge in [-0.2, -0.15) is 23.3 Å². The Morgan fingerprint density at radius 3 is 1.72 bits per heavy atom. The van der Waals surface area contributed by atoms with E-state index in [0.29, 0.717) is 17.4 Å². The van der Waals surface area contributed by atoms with E-state index in [0.717, 1.165) is 12.8 Å². The fourth-order valence-corrected chi connectivity index (χ4v) is 4.21. The summed E-state index contributed by atoms with van der Waals surface area (Å²) in [5.41, 5.74) is -0.808. The van der Waals surface area contributed by atoms with Crippen molar-refractivity contribution in [1.29, 1.82) is 0 Å². The number of rotatable bonds is 18. The summed E-state index contributed by atoms with van der Waals surface area (Å²) < 4.78 is 16.1. The first-order valence-electron chi connectivity index (χ1n) is 10.6. The van der Waals surface area contributed by atoms with Crippen molar-refractivity contribution in [2.45, 2.75) is 69.9 Å². The minimum Gasteiger partial charge on any atom is -0.792 e. The molecule has 0 saturated heterocycles. The molecule has 0 aliphatic rings. The SMILES string of the molecule is CCC(Cl)CC(C)SCCC(=O)OCC(CC)(COC(=O)CC[S-])COC(=O)CC[S-].[Fe+4]. The maximum atomic E-state index is 12.2. The molecule has 0 aliphatic heterocycles. The third-order valence-electron chi connectivity index (χ3n) is 4.72. The van der Waals surface area contributed by atoms with Crippen LogP contribution in [0, 0.1) is 5.41 Å². The average molecular weight is 571 g/mol. The van der Waals surface area contributed by atoms with Gasteiger partial charge in [0.2, 0.25) is 0 Å². The van der Waals surface area contributed by atoms with Crippen molar-refractivity contribution >= 4 is 66.5 Å². The Morgan fingerprint density at radius 2 is 1.34 bits per heavy atom. The molecule has 0 rings (SSSR count). The van der Waals surface area contributed by atoms with Crippen LogP contribution in [0.3, 0.4) is 0 Å². The van der Waals surface area contributed by atoms with Crippen LogP contribution in [0.5, 0.6) is 0 Å². The molecule has 0 aromatic rings. The van der Waals surface area contributed by atoms with E-state index in [-0.39, 0.29) is 79.0 Å². The van der Waals surface area contributed by atoms with Crippen LogP contribution in [0.25, 0.3) is 0 Å².